The number of nitrogens with zero attached hydrogens (tertiary/aromatic N) is 2. The third-order valence-electron chi connectivity index (χ3n) is 3.43. The van der Waals surface area contributed by atoms with Gasteiger partial charge < -0.3 is 10.1 Å². The van der Waals surface area contributed by atoms with Gasteiger partial charge in [-0.1, -0.05) is 23.7 Å². The van der Waals surface area contributed by atoms with Gasteiger partial charge in [0, 0.05) is 19.6 Å². The van der Waals surface area contributed by atoms with E-state index in [0.29, 0.717) is 6.54 Å². The van der Waals surface area contributed by atoms with Crippen molar-refractivity contribution < 1.29 is 4.74 Å². The van der Waals surface area contributed by atoms with Gasteiger partial charge in [0.1, 0.15) is 5.75 Å². The average Bonchev–Trinajstić information content (AvgIpc) is 2.70. The van der Waals surface area contributed by atoms with Crippen molar-refractivity contribution in [3.05, 3.63) is 46.2 Å². The molecule has 0 aliphatic carbocycles. The van der Waals surface area contributed by atoms with Crippen molar-refractivity contribution in [1.82, 2.24) is 15.1 Å². The van der Waals surface area contributed by atoms with Crippen LogP contribution in [0.3, 0.4) is 0 Å². The summed E-state index contributed by atoms with van der Waals surface area (Å²) in [4.78, 5) is 0. The number of benzene rings is 1. The van der Waals surface area contributed by atoms with Gasteiger partial charge >= 0.3 is 0 Å². The van der Waals surface area contributed by atoms with E-state index in [0.717, 1.165) is 22.2 Å². The lowest BCUT2D eigenvalue weighted by Gasteiger charge is -2.15. The summed E-state index contributed by atoms with van der Waals surface area (Å²) >= 11 is 6.25. The van der Waals surface area contributed by atoms with Crippen LogP contribution in [0.1, 0.15) is 29.9 Å². The fraction of sp³-hybridized carbons (Fsp3) is 0.400. The van der Waals surface area contributed by atoms with Gasteiger partial charge in [-0.3, -0.25) is 4.68 Å². The first-order chi connectivity index (χ1) is 9.52. The van der Waals surface area contributed by atoms with Crippen LogP contribution >= 0.6 is 11.6 Å². The average molecular weight is 294 g/mol. The highest BCUT2D eigenvalue weighted by atomic mass is 35.5. The zero-order valence-electron chi connectivity index (χ0n) is 12.3. The number of methoxy groups -OCH3 is 1. The number of hydrogen-bond acceptors (Lipinski definition) is 3. The highest BCUT2D eigenvalue weighted by Gasteiger charge is 2.12. The molecule has 1 N–H and O–H groups in total. The van der Waals surface area contributed by atoms with Gasteiger partial charge in [-0.2, -0.15) is 5.10 Å². The number of halogens is 1. The molecule has 1 atom stereocenters. The van der Waals surface area contributed by atoms with Crippen LogP contribution in [0.2, 0.25) is 5.02 Å². The van der Waals surface area contributed by atoms with Crippen LogP contribution in [0.15, 0.2) is 24.3 Å². The maximum Gasteiger partial charge on any atom is 0.119 e. The van der Waals surface area contributed by atoms with E-state index in [1.807, 2.05) is 36.9 Å². The summed E-state index contributed by atoms with van der Waals surface area (Å²) in [6.07, 6.45) is 0. The van der Waals surface area contributed by atoms with Crippen molar-refractivity contribution in [2.75, 3.05) is 7.11 Å². The van der Waals surface area contributed by atoms with Gasteiger partial charge in [0.25, 0.3) is 0 Å². The highest BCUT2D eigenvalue weighted by Crippen LogP contribution is 2.22. The summed E-state index contributed by atoms with van der Waals surface area (Å²) < 4.78 is 7.07. The van der Waals surface area contributed by atoms with E-state index in [4.69, 9.17) is 16.3 Å². The van der Waals surface area contributed by atoms with Crippen LogP contribution < -0.4 is 10.1 Å². The molecule has 0 fully saturated rings. The van der Waals surface area contributed by atoms with E-state index in [2.05, 4.69) is 23.4 Å². The second-order valence-corrected chi connectivity index (χ2v) is 5.23. The molecule has 1 aromatic carbocycles. The van der Waals surface area contributed by atoms with Crippen molar-refractivity contribution in [2.45, 2.75) is 26.4 Å². The third kappa shape index (κ3) is 3.14. The van der Waals surface area contributed by atoms with Crippen molar-refractivity contribution in [3.8, 4) is 5.75 Å². The molecule has 0 spiro atoms. The molecule has 0 saturated carbocycles. The Labute approximate surface area is 124 Å². The Morgan fingerprint density at radius 3 is 2.80 bits per heavy atom. The smallest absolute Gasteiger partial charge is 0.119 e. The van der Waals surface area contributed by atoms with Crippen molar-refractivity contribution in [1.29, 1.82) is 0 Å². The molecule has 2 aromatic rings. The SMILES string of the molecule is COc1cccc([C@@H](C)NCc2c(Cl)c(C)nn2C)c1. The molecule has 20 heavy (non-hydrogen) atoms. The van der Waals surface area contributed by atoms with Crippen LogP contribution in [0, 0.1) is 6.92 Å². The molecule has 0 aliphatic rings. The topological polar surface area (TPSA) is 39.1 Å². The molecule has 0 aliphatic heterocycles. The van der Waals surface area contributed by atoms with Crippen LogP contribution in [0.5, 0.6) is 5.75 Å². The van der Waals surface area contributed by atoms with Gasteiger partial charge in [-0.25, -0.2) is 0 Å². The fourth-order valence-corrected chi connectivity index (χ4v) is 2.38. The standard InChI is InChI=1S/C15H20ClN3O/c1-10(12-6-5-7-13(8-12)20-4)17-9-14-15(16)11(2)18-19(14)3/h5-8,10,17H,9H2,1-4H3/t10-/m1/s1. The molecular weight excluding hydrogens is 274 g/mol. The van der Waals surface area contributed by atoms with Gasteiger partial charge in [0.2, 0.25) is 0 Å². The largest absolute Gasteiger partial charge is 0.497 e. The number of nitrogens with one attached hydrogen (secondary N) is 1. The lowest BCUT2D eigenvalue weighted by Crippen LogP contribution is -2.20. The van der Waals surface area contributed by atoms with Crippen molar-refractivity contribution >= 4 is 11.6 Å². The molecule has 0 saturated heterocycles. The van der Waals surface area contributed by atoms with Crippen LogP contribution in [-0.4, -0.2) is 16.9 Å². The number of aromatic nitrogens is 2. The molecule has 0 bridgehead atoms. The summed E-state index contributed by atoms with van der Waals surface area (Å²) in [5.74, 6) is 0.866. The minimum atomic E-state index is 0.205. The predicted octanol–water partition coefficient (Wildman–Crippen LogP) is 3.24. The lowest BCUT2D eigenvalue weighted by molar-refractivity contribution is 0.413. The monoisotopic (exact) mass is 293 g/mol. The Bertz CT molecular complexity index is 595. The normalized spacial score (nSPS) is 12.4. The molecule has 2 rings (SSSR count). The first kappa shape index (κ1) is 14.9. The molecule has 1 heterocycles. The van der Waals surface area contributed by atoms with Gasteiger partial charge in [0.05, 0.1) is 23.5 Å². The molecule has 4 nitrogen and oxygen atoms in total. The van der Waals surface area contributed by atoms with E-state index >= 15 is 0 Å². The van der Waals surface area contributed by atoms with Crippen LogP contribution in [-0.2, 0) is 13.6 Å². The zero-order chi connectivity index (χ0) is 14.7. The fourth-order valence-electron chi connectivity index (χ4n) is 2.15. The summed E-state index contributed by atoms with van der Waals surface area (Å²) in [5.41, 5.74) is 3.04. The first-order valence-electron chi connectivity index (χ1n) is 6.58. The molecule has 0 amide bonds. The molecule has 1 aromatic heterocycles. The van der Waals surface area contributed by atoms with E-state index in [9.17, 15) is 0 Å². The molecule has 0 unspecified atom stereocenters. The van der Waals surface area contributed by atoms with Gasteiger partial charge in [-0.15, -0.1) is 0 Å². The third-order valence-corrected chi connectivity index (χ3v) is 3.92. The summed E-state index contributed by atoms with van der Waals surface area (Å²) in [7, 11) is 3.58. The Hall–Kier alpha value is -1.52. The zero-order valence-corrected chi connectivity index (χ0v) is 13.0. The molecular formula is C15H20ClN3O. The minimum absolute atomic E-state index is 0.205. The summed E-state index contributed by atoms with van der Waals surface area (Å²) in [5, 5.41) is 8.51. The predicted molar refractivity (Wildman–Crippen MR) is 81.2 cm³/mol. The second-order valence-electron chi connectivity index (χ2n) is 4.85. The van der Waals surface area contributed by atoms with E-state index < -0.39 is 0 Å². The van der Waals surface area contributed by atoms with Gasteiger partial charge in [-0.05, 0) is 31.5 Å². The van der Waals surface area contributed by atoms with E-state index in [1.165, 1.54) is 5.56 Å². The van der Waals surface area contributed by atoms with E-state index in [1.54, 1.807) is 7.11 Å². The number of aryl methyl sites for hydroxylation is 2. The summed E-state index contributed by atoms with van der Waals surface area (Å²) in [6.45, 7) is 4.71. The maximum atomic E-state index is 6.25. The van der Waals surface area contributed by atoms with Crippen LogP contribution in [0.4, 0.5) is 0 Å². The number of hydrogen-bond donors (Lipinski definition) is 1. The maximum absolute atomic E-state index is 6.25. The number of ether oxygens (including phenoxy) is 1. The van der Waals surface area contributed by atoms with Crippen molar-refractivity contribution in [2.24, 2.45) is 7.05 Å². The quantitative estimate of drug-likeness (QED) is 0.920. The van der Waals surface area contributed by atoms with Crippen LogP contribution in [0.25, 0.3) is 0 Å². The first-order valence-corrected chi connectivity index (χ1v) is 6.96. The molecule has 0 radical (unpaired) electrons. The Morgan fingerprint density at radius 2 is 2.20 bits per heavy atom. The second kappa shape index (κ2) is 6.29. The Morgan fingerprint density at radius 1 is 1.45 bits per heavy atom. The van der Waals surface area contributed by atoms with Crippen molar-refractivity contribution in [3.63, 3.8) is 0 Å². The molecule has 108 valence electrons. The number of rotatable bonds is 5. The Balaban J connectivity index is 2.06. The Kier molecular flexibility index (Phi) is 4.68. The summed E-state index contributed by atoms with van der Waals surface area (Å²) in [6, 6.07) is 8.26. The van der Waals surface area contributed by atoms with Gasteiger partial charge in [0.15, 0.2) is 0 Å². The molecule has 5 heteroatoms. The van der Waals surface area contributed by atoms with E-state index in [-0.39, 0.29) is 6.04 Å². The highest BCUT2D eigenvalue weighted by molar-refractivity contribution is 6.31. The minimum Gasteiger partial charge on any atom is -0.497 e. The lowest BCUT2D eigenvalue weighted by atomic mass is 10.1.